The Morgan fingerprint density at radius 3 is 1.55 bits per heavy atom. The molecule has 0 spiro atoms. The number of ketones is 1. The minimum atomic E-state index is -2.40. The monoisotopic (exact) mass is 997 g/mol. The average molecular weight is 998 g/mol. The second-order valence-corrected chi connectivity index (χ2v) is 38.6. The van der Waals surface area contributed by atoms with Crippen molar-refractivity contribution in [1.29, 1.82) is 0 Å². The Bertz CT molecular complexity index is 1610. The molecular formula is C53H104N2O9Si3. The molecule has 3 N–H and O–H groups in total. The number of rotatable bonds is 29. The zero-order chi connectivity index (χ0) is 52.8. The van der Waals surface area contributed by atoms with Gasteiger partial charge in [-0.1, -0.05) is 159 Å². The number of allylic oxidation sites excluding steroid dienone is 3. The molecule has 0 aromatic rings. The number of Topliss-reactive ketones (excluding diaryl/α,β-unsaturated/α-hetero) is 1. The summed E-state index contributed by atoms with van der Waals surface area (Å²) in [6, 6.07) is 0. The fourth-order valence-corrected chi connectivity index (χ4v) is 12.1. The van der Waals surface area contributed by atoms with E-state index in [0.717, 1.165) is 6.42 Å². The van der Waals surface area contributed by atoms with E-state index in [4.69, 9.17) is 33.6 Å². The number of amides is 1. The van der Waals surface area contributed by atoms with Crippen molar-refractivity contribution in [3.63, 3.8) is 0 Å². The number of aliphatic hydroxyl groups excluding tert-OH is 1. The predicted octanol–water partition coefficient (Wildman–Crippen LogP) is 12.8. The van der Waals surface area contributed by atoms with Crippen LogP contribution in [0, 0.1) is 41.4 Å². The molecule has 0 rings (SSSR count). The SMILES string of the molecule is C=CC=CC(C)[C@H](OOCN)[C@@H](C)[C@H](O[Si](C)(C)C(C)(C)C)[C@@H](C)CC(C)=CC(C)[C@@H](O[Si](C)(C)C(C)(C)C)[C@@H](C)C=C[C@@H](O)CC(=O)C(C)[C@H](O[Si](C)(C)C(C)(C)C)C(C)C(=O)N(C)OC. The molecule has 0 aromatic heterocycles. The third-order valence-corrected chi connectivity index (χ3v) is 28.8. The molecule has 0 radical (unpaired) electrons. The van der Waals surface area contributed by atoms with Gasteiger partial charge in [-0.05, 0) is 85.5 Å². The van der Waals surface area contributed by atoms with Gasteiger partial charge >= 0.3 is 0 Å². The number of hydrogen-bond acceptors (Lipinski definition) is 10. The van der Waals surface area contributed by atoms with Crippen molar-refractivity contribution >= 4 is 36.6 Å². The van der Waals surface area contributed by atoms with Gasteiger partial charge in [-0.3, -0.25) is 14.4 Å². The van der Waals surface area contributed by atoms with Crippen molar-refractivity contribution in [2.45, 2.75) is 215 Å². The van der Waals surface area contributed by atoms with Crippen LogP contribution in [-0.4, -0.2) is 98.2 Å². The van der Waals surface area contributed by atoms with Crippen LogP contribution in [-0.2, 0) is 37.5 Å². The van der Waals surface area contributed by atoms with Crippen molar-refractivity contribution < 1.29 is 42.6 Å². The molecule has 0 bridgehead atoms. The largest absolute Gasteiger partial charge is 0.413 e. The summed E-state index contributed by atoms with van der Waals surface area (Å²) in [6.07, 6.45) is 10.2. The molecule has 1 amide bonds. The van der Waals surface area contributed by atoms with Crippen LogP contribution in [0.1, 0.15) is 131 Å². The van der Waals surface area contributed by atoms with E-state index >= 15 is 0 Å². The summed E-state index contributed by atoms with van der Waals surface area (Å²) in [5.41, 5.74) is 6.99. The number of nitrogens with two attached hydrogens (primary N) is 1. The van der Waals surface area contributed by atoms with Crippen molar-refractivity contribution in [1.82, 2.24) is 5.06 Å². The minimum absolute atomic E-state index is 0.00153. The van der Waals surface area contributed by atoms with Gasteiger partial charge in [-0.25, -0.2) is 14.8 Å². The molecule has 0 heterocycles. The maximum Gasteiger partial charge on any atom is 0.251 e. The first-order valence-electron chi connectivity index (χ1n) is 24.9. The van der Waals surface area contributed by atoms with E-state index < -0.39 is 49.0 Å². The summed E-state index contributed by atoms with van der Waals surface area (Å²) in [5, 5.41) is 12.4. The van der Waals surface area contributed by atoms with Crippen LogP contribution >= 0.6 is 0 Å². The molecule has 0 aliphatic rings. The number of carbonyl (C=O) groups excluding carboxylic acids is 2. The third kappa shape index (κ3) is 20.2. The third-order valence-electron chi connectivity index (χ3n) is 15.4. The van der Waals surface area contributed by atoms with Gasteiger partial charge in [0.15, 0.2) is 25.0 Å². The highest BCUT2D eigenvalue weighted by Gasteiger charge is 2.46. The lowest BCUT2D eigenvalue weighted by Gasteiger charge is -2.44. The number of aliphatic hydroxyl groups is 1. The highest BCUT2D eigenvalue weighted by molar-refractivity contribution is 6.75. The van der Waals surface area contributed by atoms with Gasteiger partial charge in [0.05, 0.1) is 37.4 Å². The fourth-order valence-electron chi connectivity index (χ4n) is 7.75. The van der Waals surface area contributed by atoms with Crippen molar-refractivity contribution in [3.8, 4) is 0 Å². The molecule has 0 aliphatic heterocycles. The number of carbonyl (C=O) groups is 2. The van der Waals surface area contributed by atoms with E-state index in [9.17, 15) is 14.7 Å². The summed E-state index contributed by atoms with van der Waals surface area (Å²) < 4.78 is 21.4. The van der Waals surface area contributed by atoms with Gasteiger partial charge in [-0.2, -0.15) is 0 Å². The molecule has 0 saturated heterocycles. The predicted molar refractivity (Wildman–Crippen MR) is 288 cm³/mol. The molecular weight excluding hydrogens is 893 g/mol. The Morgan fingerprint density at radius 1 is 0.672 bits per heavy atom. The molecule has 0 saturated carbocycles. The smallest absolute Gasteiger partial charge is 0.251 e. The van der Waals surface area contributed by atoms with Gasteiger partial charge in [0, 0.05) is 31.2 Å². The van der Waals surface area contributed by atoms with Crippen LogP contribution in [0.5, 0.6) is 0 Å². The van der Waals surface area contributed by atoms with Crippen LogP contribution < -0.4 is 5.73 Å². The standard InChI is InChI=1S/C53H104N2O9Si3/c1-27-28-29-37(3)47(61-60-35-54)42(8)48(63-66(23,24)52(13,14)15)40(6)33-36(2)32-39(5)46(62-65(21,22)51(10,11)12)38(4)30-31-44(56)34-45(57)41(7)49(43(9)50(58)55(19)59-20)64-67(25,26)53(16,17)18/h27-32,37-44,46-49,56H,1,33-35,54H2,2-26H3/t37?,38-,39?,40-,41?,42+,43?,44+,46-,47-,48+,49-/m0/s1. The lowest BCUT2D eigenvalue weighted by atomic mass is 9.81. The van der Waals surface area contributed by atoms with Gasteiger partial charge in [0.2, 0.25) is 0 Å². The zero-order valence-corrected chi connectivity index (χ0v) is 50.5. The van der Waals surface area contributed by atoms with E-state index in [-0.39, 0.29) is 87.9 Å². The highest BCUT2D eigenvalue weighted by Crippen LogP contribution is 2.43. The van der Waals surface area contributed by atoms with Crippen molar-refractivity contribution in [2.75, 3.05) is 20.9 Å². The number of hydroxylamine groups is 2. The van der Waals surface area contributed by atoms with E-state index in [1.54, 1.807) is 26.1 Å². The van der Waals surface area contributed by atoms with E-state index in [1.165, 1.54) is 17.7 Å². The number of hydrogen-bond donors (Lipinski definition) is 2. The molecule has 4 unspecified atom stereocenters. The summed E-state index contributed by atoms with van der Waals surface area (Å²) in [6.45, 7) is 53.9. The van der Waals surface area contributed by atoms with E-state index in [1.807, 2.05) is 19.1 Å². The van der Waals surface area contributed by atoms with Crippen LogP contribution in [0.25, 0.3) is 0 Å². The second kappa shape index (κ2) is 27.3. The highest BCUT2D eigenvalue weighted by atomic mass is 28.4. The Hall–Kier alpha value is -1.57. The first-order chi connectivity index (χ1) is 30.2. The molecule has 12 atom stereocenters. The lowest BCUT2D eigenvalue weighted by Crippen LogP contribution is -2.51. The van der Waals surface area contributed by atoms with Gasteiger partial charge < -0.3 is 24.1 Å². The maximum absolute atomic E-state index is 14.0. The van der Waals surface area contributed by atoms with Crippen LogP contribution in [0.2, 0.25) is 54.4 Å². The maximum atomic E-state index is 14.0. The molecule has 392 valence electrons. The second-order valence-electron chi connectivity index (χ2n) is 24.3. The summed E-state index contributed by atoms with van der Waals surface area (Å²) in [5.74, 6) is -1.69. The van der Waals surface area contributed by atoms with Crippen LogP contribution in [0.4, 0.5) is 0 Å². The molecule has 14 heteroatoms. The lowest BCUT2D eigenvalue weighted by molar-refractivity contribution is -0.342. The van der Waals surface area contributed by atoms with Gasteiger partial charge in [-0.15, -0.1) is 0 Å². The Labute approximate surface area is 414 Å². The molecule has 0 fully saturated rings. The minimum Gasteiger partial charge on any atom is -0.413 e. The van der Waals surface area contributed by atoms with E-state index in [0.29, 0.717) is 0 Å². The molecule has 67 heavy (non-hydrogen) atoms. The first kappa shape index (κ1) is 65.4. The first-order valence-corrected chi connectivity index (χ1v) is 33.7. The van der Waals surface area contributed by atoms with Crippen LogP contribution in [0.15, 0.2) is 48.6 Å². The fraction of sp³-hybridized carbons (Fsp3) is 0.811. The van der Waals surface area contributed by atoms with Crippen LogP contribution in [0.3, 0.4) is 0 Å². The van der Waals surface area contributed by atoms with Crippen molar-refractivity contribution in [3.05, 3.63) is 48.6 Å². The molecule has 0 aromatic carbocycles. The summed E-state index contributed by atoms with van der Waals surface area (Å²) >= 11 is 0. The Morgan fingerprint density at radius 2 is 1.12 bits per heavy atom. The molecule has 0 aliphatic carbocycles. The molecule has 11 nitrogen and oxygen atoms in total. The van der Waals surface area contributed by atoms with Crippen molar-refractivity contribution in [2.24, 2.45) is 47.2 Å². The quantitative estimate of drug-likeness (QED) is 0.0186. The van der Waals surface area contributed by atoms with Gasteiger partial charge in [0.1, 0.15) is 18.6 Å². The van der Waals surface area contributed by atoms with E-state index in [2.05, 4.69) is 162 Å². The summed E-state index contributed by atoms with van der Waals surface area (Å²) in [4.78, 5) is 44.0. The van der Waals surface area contributed by atoms with Gasteiger partial charge in [0.25, 0.3) is 5.91 Å². The number of nitrogens with zero attached hydrogens (tertiary/aromatic N) is 1. The Balaban J connectivity index is 6.92. The Kier molecular flexibility index (Phi) is 26.7. The summed E-state index contributed by atoms with van der Waals surface area (Å²) in [7, 11) is -3.89. The average Bonchev–Trinajstić information content (AvgIpc) is 3.19. The normalized spacial score (nSPS) is 19.5. The zero-order valence-electron chi connectivity index (χ0n) is 47.5. The topological polar surface area (TPSA) is 139 Å².